The van der Waals surface area contributed by atoms with Gasteiger partial charge in [0.05, 0.1) is 9.10 Å². The van der Waals surface area contributed by atoms with Crippen LogP contribution >= 0.6 is 0 Å². The minimum atomic E-state index is -4.33. The van der Waals surface area contributed by atoms with E-state index in [0.29, 0.717) is 5.69 Å². The van der Waals surface area contributed by atoms with E-state index >= 15 is 0 Å². The van der Waals surface area contributed by atoms with Crippen LogP contribution in [0.2, 0.25) is 0 Å². The lowest BCUT2D eigenvalue weighted by molar-refractivity contribution is 0.463. The zero-order valence-corrected chi connectivity index (χ0v) is 8.42. The molecular weight excluding hydrogens is 230 g/mol. The molecule has 0 aromatic heterocycles. The van der Waals surface area contributed by atoms with Crippen molar-refractivity contribution in [3.63, 3.8) is 0 Å². The number of hydrogen-bond acceptors (Lipinski definition) is 5. The molecule has 78 valence electrons. The molecule has 0 saturated heterocycles. The first-order valence-electron chi connectivity index (χ1n) is 3.16. The van der Waals surface area contributed by atoms with E-state index in [4.69, 9.17) is 14.5 Å². The molecule has 0 bridgehead atoms. The van der Waals surface area contributed by atoms with Crippen LogP contribution < -0.4 is 5.73 Å². The molecule has 1 rings (SSSR count). The van der Waals surface area contributed by atoms with Crippen LogP contribution in [0.1, 0.15) is 0 Å². The van der Waals surface area contributed by atoms with E-state index in [9.17, 15) is 13.0 Å². The van der Waals surface area contributed by atoms with Crippen molar-refractivity contribution >= 4 is 27.8 Å². The van der Waals surface area contributed by atoms with Crippen molar-refractivity contribution in [3.8, 4) is 0 Å². The summed E-state index contributed by atoms with van der Waals surface area (Å²) in [4.78, 5) is -0.258. The molecule has 0 aliphatic heterocycles. The predicted octanol–water partition coefficient (Wildman–Crippen LogP) is 0.0604. The van der Waals surface area contributed by atoms with Gasteiger partial charge in [-0.25, -0.2) is 8.42 Å². The first-order valence-corrected chi connectivity index (χ1v) is 5.27. The maximum Gasteiger partial charge on any atom is 0.690 e. The highest BCUT2D eigenvalue weighted by Crippen LogP contribution is 2.10. The van der Waals surface area contributed by atoms with E-state index in [2.05, 4.69) is 0 Å². The van der Waals surface area contributed by atoms with Crippen molar-refractivity contribution in [2.45, 2.75) is 4.90 Å². The van der Waals surface area contributed by atoms with Gasteiger partial charge in [-0.1, -0.05) is 4.55 Å². The fourth-order valence-electron chi connectivity index (χ4n) is 0.634. The van der Waals surface area contributed by atoms with Gasteiger partial charge >= 0.3 is 11.9 Å². The van der Waals surface area contributed by atoms with Gasteiger partial charge in [-0.2, -0.15) is 0 Å². The minimum absolute atomic E-state index is 0.258. The highest BCUT2D eigenvalue weighted by molar-refractivity contribution is 7.85. The SMILES string of the molecule is Nc1ccc(S(=O)(=O)[O-])cc1.O=[S+]O. The molecule has 6 nitrogen and oxygen atoms in total. The number of nitrogen functional groups attached to an aromatic ring is 1. The summed E-state index contributed by atoms with van der Waals surface area (Å²) in [5.41, 5.74) is 5.70. The predicted molar refractivity (Wildman–Crippen MR) is 49.5 cm³/mol. The summed E-state index contributed by atoms with van der Waals surface area (Å²) in [5.74, 6) is 0. The van der Waals surface area contributed by atoms with Gasteiger partial charge in [0.1, 0.15) is 10.1 Å². The minimum Gasteiger partial charge on any atom is -0.744 e. The Kier molecular flexibility index (Phi) is 5.16. The van der Waals surface area contributed by atoms with Gasteiger partial charge in [-0.15, -0.1) is 0 Å². The number of anilines is 1. The van der Waals surface area contributed by atoms with Gasteiger partial charge in [-0.05, 0) is 24.3 Å². The van der Waals surface area contributed by atoms with E-state index in [1.165, 1.54) is 24.3 Å². The summed E-state index contributed by atoms with van der Waals surface area (Å²) in [6, 6.07) is 5.09. The summed E-state index contributed by atoms with van der Waals surface area (Å²) in [7, 11) is -4.33. The highest BCUT2D eigenvalue weighted by Gasteiger charge is 1.98. The summed E-state index contributed by atoms with van der Waals surface area (Å²) in [5, 5.41) is 0. The zero-order chi connectivity index (χ0) is 11.2. The maximum atomic E-state index is 10.3. The first-order chi connectivity index (χ1) is 6.41. The van der Waals surface area contributed by atoms with Gasteiger partial charge in [-0.3, -0.25) is 0 Å². The van der Waals surface area contributed by atoms with Gasteiger partial charge in [0.15, 0.2) is 0 Å². The normalized spacial score (nSPS) is 9.86. The van der Waals surface area contributed by atoms with Crippen LogP contribution in [0.15, 0.2) is 29.2 Å². The van der Waals surface area contributed by atoms with E-state index in [0.717, 1.165) is 0 Å². The Labute approximate surface area is 84.8 Å². The van der Waals surface area contributed by atoms with Crippen molar-refractivity contribution in [3.05, 3.63) is 24.3 Å². The second kappa shape index (κ2) is 5.60. The maximum absolute atomic E-state index is 10.3. The van der Waals surface area contributed by atoms with E-state index in [1.807, 2.05) is 0 Å². The molecule has 0 amide bonds. The lowest BCUT2D eigenvalue weighted by Crippen LogP contribution is -1.98. The average Bonchev–Trinajstić information content (AvgIpc) is 2.04. The highest BCUT2D eigenvalue weighted by atomic mass is 32.2. The molecule has 0 spiro atoms. The van der Waals surface area contributed by atoms with Crippen LogP contribution in [0.4, 0.5) is 5.69 Å². The molecule has 0 saturated carbocycles. The molecule has 0 heterocycles. The number of rotatable bonds is 1. The van der Waals surface area contributed by atoms with Gasteiger partial charge in [0, 0.05) is 5.69 Å². The second-order valence-electron chi connectivity index (χ2n) is 2.10. The Morgan fingerprint density at radius 3 is 1.93 bits per heavy atom. The van der Waals surface area contributed by atoms with Crippen molar-refractivity contribution in [1.29, 1.82) is 0 Å². The van der Waals surface area contributed by atoms with Crippen LogP contribution in [0, 0.1) is 0 Å². The molecule has 1 aromatic carbocycles. The van der Waals surface area contributed by atoms with Crippen molar-refractivity contribution < 1.29 is 21.7 Å². The lowest BCUT2D eigenvalue weighted by Gasteiger charge is -2.05. The van der Waals surface area contributed by atoms with Gasteiger partial charge in [0.2, 0.25) is 0 Å². The Balaban J connectivity index is 0.000000500. The number of nitrogens with two attached hydrogens (primary N) is 1. The summed E-state index contributed by atoms with van der Waals surface area (Å²) in [6.45, 7) is 0. The first kappa shape index (κ1) is 12.9. The fourth-order valence-corrected chi connectivity index (χ4v) is 1.10. The van der Waals surface area contributed by atoms with Crippen LogP contribution in [0.5, 0.6) is 0 Å². The molecule has 0 atom stereocenters. The van der Waals surface area contributed by atoms with E-state index in [1.54, 1.807) is 0 Å². The molecule has 3 N–H and O–H groups in total. The standard InChI is InChI=1S/C6H7NO3S.O2S/c7-5-1-3-6(4-2-5)11(8,9)10;1-3-2/h1-4H,7H2,(H,8,9,10);. The zero-order valence-electron chi connectivity index (χ0n) is 6.78. The van der Waals surface area contributed by atoms with E-state index in [-0.39, 0.29) is 4.90 Å². The van der Waals surface area contributed by atoms with Crippen LogP contribution in [-0.4, -0.2) is 17.5 Å². The fraction of sp³-hybridized carbons (Fsp3) is 0. The van der Waals surface area contributed by atoms with Crippen LogP contribution in [0.3, 0.4) is 0 Å². The molecule has 14 heavy (non-hydrogen) atoms. The molecule has 8 heteroatoms. The smallest absolute Gasteiger partial charge is 0.690 e. The van der Waals surface area contributed by atoms with Gasteiger partial charge < -0.3 is 10.3 Å². The molecule has 1 aromatic rings. The topological polar surface area (TPSA) is 121 Å². The molecule has 0 fully saturated rings. The summed E-state index contributed by atoms with van der Waals surface area (Å²) in [6.07, 6.45) is 0. The molecular formula is C6H7NO5S2. The van der Waals surface area contributed by atoms with Crippen LogP contribution in [0.25, 0.3) is 0 Å². The lowest BCUT2D eigenvalue weighted by atomic mass is 10.3. The monoisotopic (exact) mass is 237 g/mol. The third kappa shape index (κ3) is 4.82. The Bertz CT molecular complexity index is 385. The molecule has 0 unspecified atom stereocenters. The largest absolute Gasteiger partial charge is 0.744 e. The third-order valence-corrected chi connectivity index (χ3v) is 2.02. The van der Waals surface area contributed by atoms with Crippen LogP contribution in [-0.2, 0) is 26.3 Å². The molecule has 0 radical (unpaired) electrons. The van der Waals surface area contributed by atoms with E-state index < -0.39 is 22.1 Å². The van der Waals surface area contributed by atoms with Crippen molar-refractivity contribution in [1.82, 2.24) is 0 Å². The number of benzene rings is 1. The average molecular weight is 237 g/mol. The number of hydrogen-bond donors (Lipinski definition) is 2. The Morgan fingerprint density at radius 2 is 1.64 bits per heavy atom. The quantitative estimate of drug-likeness (QED) is 0.308. The molecule has 0 aliphatic carbocycles. The van der Waals surface area contributed by atoms with Crippen molar-refractivity contribution in [2.75, 3.05) is 5.73 Å². The summed E-state index contributed by atoms with van der Waals surface area (Å²) >= 11 is -0.500. The Hall–Kier alpha value is -1.09. The van der Waals surface area contributed by atoms with Crippen molar-refractivity contribution in [2.24, 2.45) is 0 Å². The summed E-state index contributed by atoms with van der Waals surface area (Å²) < 4.78 is 46.4. The molecule has 0 aliphatic rings. The third-order valence-electron chi connectivity index (χ3n) is 1.17. The van der Waals surface area contributed by atoms with Gasteiger partial charge in [0.25, 0.3) is 0 Å². The second-order valence-corrected chi connectivity index (χ2v) is 3.63. The Morgan fingerprint density at radius 1 is 1.29 bits per heavy atom.